The van der Waals surface area contributed by atoms with Crippen LogP contribution in [-0.4, -0.2) is 29.8 Å². The van der Waals surface area contributed by atoms with Gasteiger partial charge in [0.05, 0.1) is 6.61 Å². The fourth-order valence-corrected chi connectivity index (χ4v) is 2.55. The lowest BCUT2D eigenvalue weighted by Crippen LogP contribution is -2.13. The number of anilines is 1. The molecule has 0 aliphatic carbocycles. The van der Waals surface area contributed by atoms with Gasteiger partial charge in [0.2, 0.25) is 5.13 Å². The highest BCUT2D eigenvalue weighted by Gasteiger charge is 2.12. The summed E-state index contributed by atoms with van der Waals surface area (Å²) in [4.78, 5) is 12.2. The van der Waals surface area contributed by atoms with Crippen molar-refractivity contribution in [2.75, 3.05) is 19.0 Å². The molecule has 8 heteroatoms. The van der Waals surface area contributed by atoms with Crippen LogP contribution in [0, 0.1) is 11.3 Å². The van der Waals surface area contributed by atoms with Crippen molar-refractivity contribution in [3.8, 4) is 11.8 Å². The average molecular weight is 358 g/mol. The molecule has 1 aromatic carbocycles. The maximum absolute atomic E-state index is 12.2. The van der Waals surface area contributed by atoms with Gasteiger partial charge in [-0.15, -0.1) is 10.2 Å². The Bertz CT molecular complexity index is 778. The SMILES string of the molecule is CCCOc1ccc(/C=C(\C#N)C(=O)Nc2nnc(COC)s2)cc1. The maximum atomic E-state index is 12.2. The summed E-state index contributed by atoms with van der Waals surface area (Å²) in [5, 5.41) is 20.5. The van der Waals surface area contributed by atoms with Crippen LogP contribution in [0.3, 0.4) is 0 Å². The standard InChI is InChI=1S/C17H18N4O3S/c1-3-8-24-14-6-4-12(5-7-14)9-13(10-18)16(22)19-17-21-20-15(25-17)11-23-2/h4-7,9H,3,8,11H2,1-2H3,(H,19,21,22)/b13-9+. The first kappa shape index (κ1) is 18.6. The van der Waals surface area contributed by atoms with E-state index in [1.54, 1.807) is 31.4 Å². The first-order valence-corrected chi connectivity index (χ1v) is 8.45. The molecule has 2 rings (SSSR count). The topological polar surface area (TPSA) is 97.1 Å². The fraction of sp³-hybridized carbons (Fsp3) is 0.294. The van der Waals surface area contributed by atoms with E-state index in [-0.39, 0.29) is 5.57 Å². The predicted molar refractivity (Wildman–Crippen MR) is 95.1 cm³/mol. The Morgan fingerprint density at radius 3 is 2.76 bits per heavy atom. The summed E-state index contributed by atoms with van der Waals surface area (Å²) in [6.07, 6.45) is 2.44. The molecular weight excluding hydrogens is 340 g/mol. The zero-order valence-corrected chi connectivity index (χ0v) is 14.8. The maximum Gasteiger partial charge on any atom is 0.268 e. The molecule has 0 aliphatic heterocycles. The molecule has 0 aliphatic rings. The van der Waals surface area contributed by atoms with Crippen molar-refractivity contribution >= 4 is 28.5 Å². The molecule has 130 valence electrons. The van der Waals surface area contributed by atoms with Gasteiger partial charge < -0.3 is 9.47 Å². The van der Waals surface area contributed by atoms with Gasteiger partial charge in [0.25, 0.3) is 5.91 Å². The van der Waals surface area contributed by atoms with E-state index in [1.165, 1.54) is 17.4 Å². The van der Waals surface area contributed by atoms with Gasteiger partial charge in [0.15, 0.2) is 0 Å². The van der Waals surface area contributed by atoms with Crippen molar-refractivity contribution in [3.05, 3.63) is 40.4 Å². The van der Waals surface area contributed by atoms with E-state index in [1.807, 2.05) is 13.0 Å². The highest BCUT2D eigenvalue weighted by atomic mass is 32.1. The number of aromatic nitrogens is 2. The molecule has 1 heterocycles. The molecule has 0 bridgehead atoms. The van der Waals surface area contributed by atoms with Crippen molar-refractivity contribution in [3.63, 3.8) is 0 Å². The summed E-state index contributed by atoms with van der Waals surface area (Å²) in [5.41, 5.74) is 0.707. The second-order valence-corrected chi connectivity index (χ2v) is 6.04. The second kappa shape index (κ2) is 9.52. The Balaban J connectivity index is 2.05. The zero-order chi connectivity index (χ0) is 18.1. The molecule has 1 aromatic heterocycles. The van der Waals surface area contributed by atoms with E-state index in [2.05, 4.69) is 15.5 Å². The number of hydrogen-bond donors (Lipinski definition) is 1. The predicted octanol–water partition coefficient (Wildman–Crippen LogP) is 3.02. The van der Waals surface area contributed by atoms with E-state index in [0.717, 1.165) is 17.7 Å². The molecule has 7 nitrogen and oxygen atoms in total. The van der Waals surface area contributed by atoms with Crippen LogP contribution in [0.5, 0.6) is 5.75 Å². The molecule has 1 amide bonds. The Morgan fingerprint density at radius 2 is 2.12 bits per heavy atom. The van der Waals surface area contributed by atoms with Crippen LogP contribution in [0.25, 0.3) is 6.08 Å². The fourth-order valence-electron chi connectivity index (χ4n) is 1.85. The van der Waals surface area contributed by atoms with Crippen LogP contribution in [0.1, 0.15) is 23.9 Å². The molecular formula is C17H18N4O3S. The Hall–Kier alpha value is -2.76. The largest absolute Gasteiger partial charge is 0.494 e. The van der Waals surface area contributed by atoms with Gasteiger partial charge in [-0.05, 0) is 30.2 Å². The van der Waals surface area contributed by atoms with Gasteiger partial charge in [0, 0.05) is 7.11 Å². The van der Waals surface area contributed by atoms with Gasteiger partial charge in [-0.2, -0.15) is 5.26 Å². The minimum absolute atomic E-state index is 0.0225. The molecule has 0 radical (unpaired) electrons. The summed E-state index contributed by atoms with van der Waals surface area (Å²) >= 11 is 1.20. The van der Waals surface area contributed by atoms with Crippen molar-refractivity contribution in [1.82, 2.24) is 10.2 Å². The Labute approximate surface area is 149 Å². The number of amides is 1. The smallest absolute Gasteiger partial charge is 0.268 e. The third-order valence-electron chi connectivity index (χ3n) is 2.98. The van der Waals surface area contributed by atoms with Gasteiger partial charge in [0.1, 0.15) is 29.0 Å². The third-order valence-corrected chi connectivity index (χ3v) is 3.80. The van der Waals surface area contributed by atoms with E-state index in [4.69, 9.17) is 9.47 Å². The van der Waals surface area contributed by atoms with Gasteiger partial charge in [-0.3, -0.25) is 10.1 Å². The number of nitrogens with zero attached hydrogens (tertiary/aromatic N) is 3. The molecule has 0 unspecified atom stereocenters. The van der Waals surface area contributed by atoms with Crippen LogP contribution < -0.4 is 10.1 Å². The number of nitrogens with one attached hydrogen (secondary N) is 1. The number of carbonyl (C=O) groups is 1. The van der Waals surface area contributed by atoms with Gasteiger partial charge in [-0.25, -0.2) is 0 Å². The first-order valence-electron chi connectivity index (χ1n) is 7.63. The number of hydrogen-bond acceptors (Lipinski definition) is 7. The lowest BCUT2D eigenvalue weighted by atomic mass is 10.1. The van der Waals surface area contributed by atoms with Gasteiger partial charge in [-0.1, -0.05) is 30.4 Å². The Morgan fingerprint density at radius 1 is 1.36 bits per heavy atom. The quantitative estimate of drug-likeness (QED) is 0.575. The average Bonchev–Trinajstić information content (AvgIpc) is 3.06. The Kier molecular flexibility index (Phi) is 7.07. The summed E-state index contributed by atoms with van der Waals surface area (Å²) in [6, 6.07) is 9.08. The van der Waals surface area contributed by atoms with E-state index >= 15 is 0 Å². The highest BCUT2D eigenvalue weighted by Crippen LogP contribution is 2.18. The molecule has 0 saturated heterocycles. The van der Waals surface area contributed by atoms with Gasteiger partial charge >= 0.3 is 0 Å². The van der Waals surface area contributed by atoms with Crippen LogP contribution in [0.2, 0.25) is 0 Å². The summed E-state index contributed by atoms with van der Waals surface area (Å²) < 4.78 is 10.5. The van der Waals surface area contributed by atoms with Crippen molar-refractivity contribution in [1.29, 1.82) is 5.26 Å². The minimum atomic E-state index is -0.533. The second-order valence-electron chi connectivity index (χ2n) is 4.98. The van der Waals surface area contributed by atoms with Crippen LogP contribution in [0.15, 0.2) is 29.8 Å². The van der Waals surface area contributed by atoms with E-state index in [9.17, 15) is 10.1 Å². The van der Waals surface area contributed by atoms with Crippen LogP contribution in [0.4, 0.5) is 5.13 Å². The number of carbonyl (C=O) groups excluding carboxylic acids is 1. The van der Waals surface area contributed by atoms with Crippen molar-refractivity contribution in [2.24, 2.45) is 0 Å². The molecule has 0 atom stereocenters. The van der Waals surface area contributed by atoms with Crippen molar-refractivity contribution in [2.45, 2.75) is 20.0 Å². The zero-order valence-electron chi connectivity index (χ0n) is 14.0. The lowest BCUT2D eigenvalue weighted by molar-refractivity contribution is -0.112. The summed E-state index contributed by atoms with van der Waals surface area (Å²) in [5.74, 6) is 0.218. The van der Waals surface area contributed by atoms with Crippen LogP contribution in [-0.2, 0) is 16.1 Å². The first-order chi connectivity index (χ1) is 12.2. The summed E-state index contributed by atoms with van der Waals surface area (Å²) in [6.45, 7) is 3.00. The normalized spacial score (nSPS) is 11.0. The van der Waals surface area contributed by atoms with E-state index in [0.29, 0.717) is 23.4 Å². The minimum Gasteiger partial charge on any atom is -0.494 e. The molecule has 0 saturated carbocycles. The highest BCUT2D eigenvalue weighted by molar-refractivity contribution is 7.15. The lowest BCUT2D eigenvalue weighted by Gasteiger charge is -2.04. The third kappa shape index (κ3) is 5.67. The number of ether oxygens (including phenoxy) is 2. The van der Waals surface area contributed by atoms with E-state index < -0.39 is 5.91 Å². The monoisotopic (exact) mass is 358 g/mol. The van der Waals surface area contributed by atoms with Crippen LogP contribution >= 0.6 is 11.3 Å². The summed E-state index contributed by atoms with van der Waals surface area (Å²) in [7, 11) is 1.55. The molecule has 0 fully saturated rings. The number of rotatable bonds is 8. The molecule has 1 N–H and O–H groups in total. The number of nitriles is 1. The molecule has 2 aromatic rings. The molecule has 0 spiro atoms. The number of methoxy groups -OCH3 is 1. The van der Waals surface area contributed by atoms with Crippen molar-refractivity contribution < 1.29 is 14.3 Å². The molecule has 25 heavy (non-hydrogen) atoms. The number of benzene rings is 1.